The average molecular weight is 386 g/mol. The third-order valence-electron chi connectivity index (χ3n) is 5.17. The maximum atomic E-state index is 9.99. The molecular formula is C24H16ClNO2. The lowest BCUT2D eigenvalue weighted by Crippen LogP contribution is -1.95. The number of hydrogen-bond acceptors (Lipinski definition) is 3. The fourth-order valence-electron chi connectivity index (χ4n) is 3.80. The van der Waals surface area contributed by atoms with Gasteiger partial charge in [-0.25, -0.2) is 4.98 Å². The first-order valence-corrected chi connectivity index (χ1v) is 9.38. The van der Waals surface area contributed by atoms with Crippen LogP contribution in [0.5, 0.6) is 11.5 Å². The van der Waals surface area contributed by atoms with Crippen LogP contribution in [0.2, 0.25) is 5.02 Å². The van der Waals surface area contributed by atoms with E-state index in [4.69, 9.17) is 16.6 Å². The van der Waals surface area contributed by atoms with Gasteiger partial charge in [0.2, 0.25) is 0 Å². The van der Waals surface area contributed by atoms with Crippen LogP contribution in [0.15, 0.2) is 72.8 Å². The Morgan fingerprint density at radius 1 is 0.750 bits per heavy atom. The third-order valence-corrected chi connectivity index (χ3v) is 5.50. The van der Waals surface area contributed by atoms with Gasteiger partial charge in [0.05, 0.1) is 11.4 Å². The van der Waals surface area contributed by atoms with Crippen LogP contribution in [-0.4, -0.2) is 15.2 Å². The van der Waals surface area contributed by atoms with E-state index in [2.05, 4.69) is 6.07 Å². The summed E-state index contributed by atoms with van der Waals surface area (Å²) in [6.07, 6.45) is 0.744. The van der Waals surface area contributed by atoms with Gasteiger partial charge in [0.1, 0.15) is 11.5 Å². The minimum Gasteiger partial charge on any atom is -0.508 e. The molecule has 0 fully saturated rings. The van der Waals surface area contributed by atoms with Crippen LogP contribution in [0.3, 0.4) is 0 Å². The second-order valence-corrected chi connectivity index (χ2v) is 7.33. The van der Waals surface area contributed by atoms with Crippen molar-refractivity contribution in [2.24, 2.45) is 0 Å². The number of aromatic hydroxyl groups is 2. The van der Waals surface area contributed by atoms with Gasteiger partial charge in [0, 0.05) is 28.1 Å². The standard InChI is InChI=1S/C24H16ClNO2/c25-22-4-2-1-3-18(22)20-13-23(14-5-8-16(27)9-6-14)26-24-19-12-17(28)10-7-15(19)11-21(20)24/h1-10,12-13,27-28H,11H2. The number of phenolic OH excluding ortho intramolecular Hbond substituents is 2. The lowest BCUT2D eigenvalue weighted by Gasteiger charge is -2.13. The molecule has 5 rings (SSSR count). The molecule has 2 N–H and O–H groups in total. The Labute approximate surface area is 167 Å². The van der Waals surface area contributed by atoms with Gasteiger partial charge < -0.3 is 10.2 Å². The zero-order chi connectivity index (χ0) is 19.3. The smallest absolute Gasteiger partial charge is 0.116 e. The molecule has 0 amide bonds. The largest absolute Gasteiger partial charge is 0.508 e. The van der Waals surface area contributed by atoms with Crippen molar-refractivity contribution in [3.63, 3.8) is 0 Å². The highest BCUT2D eigenvalue weighted by molar-refractivity contribution is 6.33. The first kappa shape index (κ1) is 16.8. The van der Waals surface area contributed by atoms with Gasteiger partial charge in [-0.3, -0.25) is 0 Å². The van der Waals surface area contributed by atoms with E-state index in [-0.39, 0.29) is 11.5 Å². The molecule has 3 nitrogen and oxygen atoms in total. The summed E-state index contributed by atoms with van der Waals surface area (Å²) >= 11 is 6.52. The molecule has 0 saturated carbocycles. The Bertz CT molecular complexity index is 1220. The predicted octanol–water partition coefficient (Wildman–Crippen LogP) is 6.05. The van der Waals surface area contributed by atoms with Crippen LogP contribution in [0, 0.1) is 0 Å². The van der Waals surface area contributed by atoms with Crippen molar-refractivity contribution in [3.8, 4) is 45.1 Å². The van der Waals surface area contributed by atoms with Crippen LogP contribution < -0.4 is 0 Å². The summed E-state index contributed by atoms with van der Waals surface area (Å²) in [5.41, 5.74) is 7.75. The Kier molecular flexibility index (Phi) is 3.85. The van der Waals surface area contributed by atoms with Gasteiger partial charge in [-0.05, 0) is 65.2 Å². The SMILES string of the molecule is Oc1ccc(-c2cc(-c3ccccc3Cl)c3c(n2)-c2cc(O)ccc2C3)cc1. The van der Waals surface area contributed by atoms with Crippen LogP contribution in [-0.2, 0) is 6.42 Å². The fraction of sp³-hybridized carbons (Fsp3) is 0.0417. The molecule has 3 aromatic carbocycles. The normalized spacial score (nSPS) is 11.9. The molecule has 0 saturated heterocycles. The molecule has 1 heterocycles. The lowest BCUT2D eigenvalue weighted by molar-refractivity contribution is 0.475. The van der Waals surface area contributed by atoms with Gasteiger partial charge in [-0.15, -0.1) is 0 Å². The predicted molar refractivity (Wildman–Crippen MR) is 112 cm³/mol. The minimum absolute atomic E-state index is 0.214. The Balaban J connectivity index is 1.80. The van der Waals surface area contributed by atoms with Crippen molar-refractivity contribution in [2.45, 2.75) is 6.42 Å². The summed E-state index contributed by atoms with van der Waals surface area (Å²) < 4.78 is 0. The molecule has 0 atom stereocenters. The van der Waals surface area contributed by atoms with Crippen LogP contribution in [0.4, 0.5) is 0 Å². The van der Waals surface area contributed by atoms with E-state index < -0.39 is 0 Å². The van der Waals surface area contributed by atoms with E-state index in [1.165, 1.54) is 0 Å². The van der Waals surface area contributed by atoms with Gasteiger partial charge in [-0.1, -0.05) is 35.9 Å². The minimum atomic E-state index is 0.214. The van der Waals surface area contributed by atoms with E-state index in [0.29, 0.717) is 5.02 Å². The highest BCUT2D eigenvalue weighted by Gasteiger charge is 2.25. The molecule has 1 aliphatic carbocycles. The fourth-order valence-corrected chi connectivity index (χ4v) is 4.04. The van der Waals surface area contributed by atoms with Crippen molar-refractivity contribution in [3.05, 3.63) is 88.9 Å². The summed E-state index contributed by atoms with van der Waals surface area (Å²) in [6.45, 7) is 0. The number of benzene rings is 3. The van der Waals surface area contributed by atoms with Crippen LogP contribution in [0.1, 0.15) is 11.1 Å². The molecule has 0 aliphatic heterocycles. The number of phenols is 2. The first-order chi connectivity index (χ1) is 13.6. The number of fused-ring (bicyclic) bond motifs is 3. The van der Waals surface area contributed by atoms with Gasteiger partial charge in [0.15, 0.2) is 0 Å². The first-order valence-electron chi connectivity index (χ1n) is 9.00. The third kappa shape index (κ3) is 2.72. The maximum absolute atomic E-state index is 9.99. The topological polar surface area (TPSA) is 53.4 Å². The summed E-state index contributed by atoms with van der Waals surface area (Å²) in [5, 5.41) is 20.3. The second-order valence-electron chi connectivity index (χ2n) is 6.93. The van der Waals surface area contributed by atoms with Crippen molar-refractivity contribution < 1.29 is 10.2 Å². The molecule has 0 bridgehead atoms. The van der Waals surface area contributed by atoms with Crippen molar-refractivity contribution in [1.29, 1.82) is 0 Å². The number of hydrogen-bond donors (Lipinski definition) is 2. The zero-order valence-electron chi connectivity index (χ0n) is 14.9. The molecule has 4 heteroatoms. The molecule has 0 spiro atoms. The summed E-state index contributed by atoms with van der Waals surface area (Å²) in [7, 11) is 0. The summed E-state index contributed by atoms with van der Waals surface area (Å²) in [4.78, 5) is 4.92. The van der Waals surface area contributed by atoms with E-state index in [9.17, 15) is 10.2 Å². The Hall–Kier alpha value is -3.30. The van der Waals surface area contributed by atoms with E-state index in [1.807, 2.05) is 42.5 Å². The number of halogens is 1. The number of pyridine rings is 1. The molecule has 0 unspecified atom stereocenters. The molecule has 4 aromatic rings. The van der Waals surface area contributed by atoms with Crippen molar-refractivity contribution in [2.75, 3.05) is 0 Å². The van der Waals surface area contributed by atoms with E-state index in [0.717, 1.165) is 51.2 Å². The number of nitrogens with zero attached hydrogens (tertiary/aromatic N) is 1. The molecule has 1 aromatic heterocycles. The molecular weight excluding hydrogens is 370 g/mol. The molecule has 136 valence electrons. The van der Waals surface area contributed by atoms with Gasteiger partial charge >= 0.3 is 0 Å². The summed E-state index contributed by atoms with van der Waals surface area (Å²) in [6, 6.07) is 22.3. The molecule has 0 radical (unpaired) electrons. The Morgan fingerprint density at radius 3 is 2.29 bits per heavy atom. The monoisotopic (exact) mass is 385 g/mol. The number of rotatable bonds is 2. The lowest BCUT2D eigenvalue weighted by atomic mass is 9.96. The summed E-state index contributed by atoms with van der Waals surface area (Å²) in [5.74, 6) is 0.439. The Morgan fingerprint density at radius 2 is 1.50 bits per heavy atom. The maximum Gasteiger partial charge on any atom is 0.116 e. The van der Waals surface area contributed by atoms with Gasteiger partial charge in [-0.2, -0.15) is 0 Å². The van der Waals surface area contributed by atoms with E-state index in [1.54, 1.807) is 24.3 Å². The second kappa shape index (κ2) is 6.39. The zero-order valence-corrected chi connectivity index (χ0v) is 15.6. The average Bonchev–Trinajstić information content (AvgIpc) is 3.06. The molecule has 28 heavy (non-hydrogen) atoms. The highest BCUT2D eigenvalue weighted by atomic mass is 35.5. The molecule has 1 aliphatic rings. The van der Waals surface area contributed by atoms with Gasteiger partial charge in [0.25, 0.3) is 0 Å². The van der Waals surface area contributed by atoms with Crippen molar-refractivity contribution in [1.82, 2.24) is 4.98 Å². The van der Waals surface area contributed by atoms with Crippen LogP contribution in [0.25, 0.3) is 33.6 Å². The quantitative estimate of drug-likeness (QED) is 0.389. The van der Waals surface area contributed by atoms with Crippen molar-refractivity contribution >= 4 is 11.6 Å². The van der Waals surface area contributed by atoms with Crippen LogP contribution >= 0.6 is 11.6 Å². The van der Waals surface area contributed by atoms with E-state index >= 15 is 0 Å². The number of aromatic nitrogens is 1. The highest BCUT2D eigenvalue weighted by Crippen LogP contribution is 2.44.